The van der Waals surface area contributed by atoms with Gasteiger partial charge in [0.1, 0.15) is 5.69 Å². The van der Waals surface area contributed by atoms with E-state index < -0.39 is 11.6 Å². The molecule has 4 aromatic rings. The molecule has 0 atom stereocenters. The summed E-state index contributed by atoms with van der Waals surface area (Å²) in [6.45, 7) is 4.00. The lowest BCUT2D eigenvalue weighted by atomic mass is 10.3. The Bertz CT molecular complexity index is 1080. The first-order chi connectivity index (χ1) is 12.2. The van der Waals surface area contributed by atoms with Gasteiger partial charge in [-0.15, -0.1) is 0 Å². The van der Waals surface area contributed by atoms with Crippen molar-refractivity contribution < 1.29 is 4.79 Å². The summed E-state index contributed by atoms with van der Waals surface area (Å²) in [4.78, 5) is 37.7. The first-order valence-electron chi connectivity index (χ1n) is 7.81. The van der Waals surface area contributed by atoms with Crippen molar-refractivity contribution in [1.82, 2.24) is 24.3 Å². The molecule has 1 amide bonds. The van der Waals surface area contributed by atoms with E-state index >= 15 is 0 Å². The zero-order valence-electron chi connectivity index (χ0n) is 13.7. The van der Waals surface area contributed by atoms with Crippen molar-refractivity contribution in [3.8, 4) is 0 Å². The predicted octanol–water partition coefficient (Wildman–Crippen LogP) is 2.24. The van der Waals surface area contributed by atoms with Gasteiger partial charge in [-0.3, -0.25) is 9.20 Å². The normalized spacial score (nSPS) is 10.3. The van der Waals surface area contributed by atoms with E-state index in [2.05, 4.69) is 25.3 Å². The number of benzene rings is 1. The first kappa shape index (κ1) is 16.3. The minimum absolute atomic E-state index is 0.221. The molecule has 2 N–H and O–H groups in total. The Morgan fingerprint density at radius 3 is 2.72 bits per heavy atom. The van der Waals surface area contributed by atoms with Crippen LogP contribution in [-0.4, -0.2) is 30.2 Å². The molecule has 0 fully saturated rings. The summed E-state index contributed by atoms with van der Waals surface area (Å²) in [5.41, 5.74) is 1.85. The fraction of sp³-hybridized carbons (Fsp3) is 0.118. The Morgan fingerprint density at radius 2 is 1.96 bits per heavy atom. The first-order valence-corrected chi connectivity index (χ1v) is 7.81. The zero-order valence-corrected chi connectivity index (χ0v) is 13.7. The number of carbonyl (C=O) groups is 1. The molecular weight excluding hydrogens is 320 g/mol. The van der Waals surface area contributed by atoms with Crippen LogP contribution in [0.4, 0.5) is 5.69 Å². The number of rotatable bonds is 2. The van der Waals surface area contributed by atoms with Crippen LogP contribution in [0.5, 0.6) is 0 Å². The van der Waals surface area contributed by atoms with Crippen LogP contribution in [0.1, 0.15) is 24.3 Å². The van der Waals surface area contributed by atoms with Crippen molar-refractivity contribution in [3.05, 3.63) is 65.1 Å². The van der Waals surface area contributed by atoms with Crippen molar-refractivity contribution in [3.63, 3.8) is 0 Å². The van der Waals surface area contributed by atoms with Crippen LogP contribution in [0, 0.1) is 0 Å². The minimum Gasteiger partial charge on any atom is -0.318 e. The number of imidazole rings is 1. The number of carbonyl (C=O) groups excluding carboxylic acids is 1. The van der Waals surface area contributed by atoms with Crippen molar-refractivity contribution in [2.75, 3.05) is 5.32 Å². The van der Waals surface area contributed by atoms with Gasteiger partial charge in [-0.05, 0) is 18.2 Å². The quantitative estimate of drug-likeness (QED) is 0.584. The van der Waals surface area contributed by atoms with Crippen LogP contribution in [-0.2, 0) is 0 Å². The highest BCUT2D eigenvalue weighted by Gasteiger charge is 2.11. The number of nitrogens with zero attached hydrogens (tertiary/aromatic N) is 4. The van der Waals surface area contributed by atoms with Crippen LogP contribution in [0.15, 0.2) is 53.7 Å². The van der Waals surface area contributed by atoms with Crippen LogP contribution >= 0.6 is 0 Å². The average Bonchev–Trinajstić information content (AvgIpc) is 3.03. The van der Waals surface area contributed by atoms with Gasteiger partial charge in [0.15, 0.2) is 0 Å². The van der Waals surface area contributed by atoms with E-state index in [0.717, 1.165) is 11.0 Å². The molecule has 0 saturated carbocycles. The fourth-order valence-electron chi connectivity index (χ4n) is 2.28. The summed E-state index contributed by atoms with van der Waals surface area (Å²) in [6, 6.07) is 9.24. The van der Waals surface area contributed by atoms with E-state index in [-0.39, 0.29) is 5.69 Å². The second kappa shape index (κ2) is 6.91. The summed E-state index contributed by atoms with van der Waals surface area (Å²) in [6.07, 6.45) is 4.40. The number of amides is 1. The molecule has 0 bridgehead atoms. The van der Waals surface area contributed by atoms with Gasteiger partial charge in [0, 0.05) is 12.4 Å². The van der Waals surface area contributed by atoms with Gasteiger partial charge < -0.3 is 10.3 Å². The number of para-hydroxylation sites is 2. The highest BCUT2D eigenvalue weighted by Crippen LogP contribution is 2.15. The number of fused-ring (bicyclic) bond motifs is 3. The van der Waals surface area contributed by atoms with Gasteiger partial charge >= 0.3 is 5.69 Å². The molecule has 8 nitrogen and oxygen atoms in total. The Balaban J connectivity index is 0.000000880. The van der Waals surface area contributed by atoms with E-state index in [4.69, 9.17) is 0 Å². The Kier molecular flexibility index (Phi) is 4.51. The van der Waals surface area contributed by atoms with Gasteiger partial charge in [0.25, 0.3) is 5.91 Å². The maximum absolute atomic E-state index is 12.2. The second-order valence-electron chi connectivity index (χ2n) is 4.84. The monoisotopic (exact) mass is 336 g/mol. The lowest BCUT2D eigenvalue weighted by molar-refractivity contribution is 0.102. The van der Waals surface area contributed by atoms with Crippen molar-refractivity contribution in [2.24, 2.45) is 0 Å². The second-order valence-corrected chi connectivity index (χ2v) is 4.84. The fourth-order valence-corrected chi connectivity index (χ4v) is 2.28. The largest absolute Gasteiger partial charge is 0.345 e. The number of aromatic amines is 1. The van der Waals surface area contributed by atoms with Crippen molar-refractivity contribution in [2.45, 2.75) is 13.8 Å². The molecule has 0 radical (unpaired) electrons. The van der Waals surface area contributed by atoms with E-state index in [1.165, 1.54) is 12.4 Å². The Labute approximate surface area is 142 Å². The third kappa shape index (κ3) is 3.23. The lowest BCUT2D eigenvalue weighted by Gasteiger charge is -2.03. The molecule has 0 aliphatic heterocycles. The molecule has 0 aliphatic carbocycles. The zero-order chi connectivity index (χ0) is 17.8. The van der Waals surface area contributed by atoms with E-state index in [1.807, 2.05) is 42.5 Å². The summed E-state index contributed by atoms with van der Waals surface area (Å²) >= 11 is 0. The van der Waals surface area contributed by atoms with Crippen LogP contribution in [0.25, 0.3) is 16.8 Å². The molecule has 3 aromatic heterocycles. The van der Waals surface area contributed by atoms with Crippen LogP contribution < -0.4 is 11.0 Å². The average molecular weight is 336 g/mol. The predicted molar refractivity (Wildman–Crippen MR) is 94.7 cm³/mol. The number of hydrogen-bond acceptors (Lipinski definition) is 5. The minimum atomic E-state index is -0.480. The molecule has 3 heterocycles. The summed E-state index contributed by atoms with van der Waals surface area (Å²) in [5, 5.41) is 2.61. The summed E-state index contributed by atoms with van der Waals surface area (Å²) in [5.74, 6) is 0.0341. The molecule has 0 spiro atoms. The van der Waals surface area contributed by atoms with E-state index in [9.17, 15) is 9.59 Å². The number of aromatic nitrogens is 5. The molecule has 0 saturated heterocycles. The lowest BCUT2D eigenvalue weighted by Crippen LogP contribution is -2.16. The SMILES string of the molecule is CC.O=C(Nc1cnc(=O)[nH]c1)c1ccn2c(n1)nc1ccccc12. The molecule has 8 heteroatoms. The van der Waals surface area contributed by atoms with Crippen molar-refractivity contribution >= 4 is 28.4 Å². The molecular formula is C17H16N6O2. The number of H-pyrrole nitrogens is 1. The third-order valence-electron chi connectivity index (χ3n) is 3.34. The van der Waals surface area contributed by atoms with Crippen LogP contribution in [0.2, 0.25) is 0 Å². The summed E-state index contributed by atoms with van der Waals surface area (Å²) < 4.78 is 1.81. The van der Waals surface area contributed by atoms with Crippen molar-refractivity contribution in [1.29, 1.82) is 0 Å². The molecule has 4 rings (SSSR count). The van der Waals surface area contributed by atoms with Gasteiger partial charge in [-0.25, -0.2) is 14.8 Å². The maximum atomic E-state index is 12.2. The molecule has 0 aliphatic rings. The maximum Gasteiger partial charge on any atom is 0.345 e. The van der Waals surface area contributed by atoms with Gasteiger partial charge in [0.05, 0.1) is 22.9 Å². The molecule has 1 aromatic carbocycles. The molecule has 0 unspecified atom stereocenters. The topological polar surface area (TPSA) is 105 Å². The highest BCUT2D eigenvalue weighted by atomic mass is 16.2. The van der Waals surface area contributed by atoms with Gasteiger partial charge in [-0.1, -0.05) is 26.0 Å². The number of hydrogen-bond donors (Lipinski definition) is 2. The highest BCUT2D eigenvalue weighted by molar-refractivity contribution is 6.03. The van der Waals surface area contributed by atoms with Gasteiger partial charge in [-0.2, -0.15) is 4.98 Å². The summed E-state index contributed by atoms with van der Waals surface area (Å²) in [7, 11) is 0. The smallest absolute Gasteiger partial charge is 0.318 e. The molecule has 126 valence electrons. The molecule has 25 heavy (non-hydrogen) atoms. The van der Waals surface area contributed by atoms with Gasteiger partial charge in [0.2, 0.25) is 5.78 Å². The Morgan fingerprint density at radius 1 is 1.16 bits per heavy atom. The number of nitrogens with one attached hydrogen (secondary N) is 2. The standard InChI is InChI=1S/C15H10N6O2.C2H6/c22-13(18-9-7-16-15(23)17-8-9)11-5-6-21-12-4-2-1-3-10(12)19-14(21)20-11;1-2/h1-8H,(H,18,22)(H,16,17,23);1-2H3. The van der Waals surface area contributed by atoms with Crippen LogP contribution in [0.3, 0.4) is 0 Å². The third-order valence-corrected chi connectivity index (χ3v) is 3.34. The number of anilines is 1. The Hall–Kier alpha value is -3.55. The van der Waals surface area contributed by atoms with E-state index in [1.54, 1.807) is 12.3 Å². The van der Waals surface area contributed by atoms with E-state index in [0.29, 0.717) is 11.5 Å².